The van der Waals surface area contributed by atoms with E-state index in [2.05, 4.69) is 18.1 Å². The Labute approximate surface area is 111 Å². The third-order valence-electron chi connectivity index (χ3n) is 3.81. The lowest BCUT2D eigenvalue weighted by Gasteiger charge is -2.12. The highest BCUT2D eigenvalue weighted by Crippen LogP contribution is 2.42. The van der Waals surface area contributed by atoms with E-state index in [-0.39, 0.29) is 0 Å². The number of nitrogens with zero attached hydrogens (tertiary/aromatic N) is 2. The van der Waals surface area contributed by atoms with Crippen LogP contribution in [0.1, 0.15) is 45.9 Å². The number of aromatic carboxylic acids is 1. The molecule has 0 radical (unpaired) electrons. The van der Waals surface area contributed by atoms with Crippen LogP contribution in [0.25, 0.3) is 5.69 Å². The first-order chi connectivity index (χ1) is 9.09. The van der Waals surface area contributed by atoms with Crippen molar-refractivity contribution in [2.75, 3.05) is 0 Å². The van der Waals surface area contributed by atoms with Crippen molar-refractivity contribution in [1.82, 2.24) is 9.78 Å². The van der Waals surface area contributed by atoms with E-state index in [9.17, 15) is 9.90 Å². The first-order valence-corrected chi connectivity index (χ1v) is 6.47. The molecule has 19 heavy (non-hydrogen) atoms. The lowest BCUT2D eigenvalue weighted by Crippen LogP contribution is -2.07. The van der Waals surface area contributed by atoms with Gasteiger partial charge in [-0.25, -0.2) is 9.48 Å². The Kier molecular flexibility index (Phi) is 2.66. The maximum Gasteiger partial charge on any atom is 0.339 e. The first kappa shape index (κ1) is 12.0. The van der Waals surface area contributed by atoms with Crippen LogP contribution in [0.3, 0.4) is 0 Å². The average Bonchev–Trinajstić information content (AvgIpc) is 3.11. The monoisotopic (exact) mass is 256 g/mol. The summed E-state index contributed by atoms with van der Waals surface area (Å²) >= 11 is 0. The van der Waals surface area contributed by atoms with Gasteiger partial charge in [0, 0.05) is 5.92 Å². The van der Waals surface area contributed by atoms with Gasteiger partial charge in [0.15, 0.2) is 0 Å². The Hall–Kier alpha value is -2.10. The van der Waals surface area contributed by atoms with Crippen LogP contribution in [0.5, 0.6) is 0 Å². The minimum absolute atomic E-state index is 0.336. The average molecular weight is 256 g/mol. The van der Waals surface area contributed by atoms with Crippen LogP contribution >= 0.6 is 0 Å². The molecule has 4 heteroatoms. The number of carboxylic acids is 1. The number of carboxylic acid groups (broad SMARTS) is 1. The molecule has 1 heterocycles. The largest absolute Gasteiger partial charge is 0.478 e. The van der Waals surface area contributed by atoms with Gasteiger partial charge in [-0.15, -0.1) is 0 Å². The van der Waals surface area contributed by atoms with Crippen molar-refractivity contribution >= 4 is 5.97 Å². The highest BCUT2D eigenvalue weighted by Gasteiger charge is 2.33. The van der Waals surface area contributed by atoms with Crippen molar-refractivity contribution in [1.29, 1.82) is 0 Å². The molecule has 98 valence electrons. The Morgan fingerprint density at radius 2 is 2.11 bits per heavy atom. The molecule has 0 amide bonds. The molecular weight excluding hydrogens is 240 g/mol. The van der Waals surface area contributed by atoms with Crippen molar-refractivity contribution in [3.63, 3.8) is 0 Å². The maximum absolute atomic E-state index is 11.3. The van der Waals surface area contributed by atoms with Crippen LogP contribution < -0.4 is 0 Å². The summed E-state index contributed by atoms with van der Waals surface area (Å²) in [5, 5.41) is 13.6. The molecule has 0 atom stereocenters. The molecule has 1 N–H and O–H groups in total. The molecular formula is C15H16N2O2. The number of hydrogen-bond acceptors (Lipinski definition) is 2. The smallest absolute Gasteiger partial charge is 0.339 e. The van der Waals surface area contributed by atoms with Gasteiger partial charge in [-0.3, -0.25) is 0 Å². The van der Waals surface area contributed by atoms with E-state index < -0.39 is 5.97 Å². The SMILES string of the molecule is Cc1cccc(-n2ncc(C(=O)O)c2C2CC2)c1C. The first-order valence-electron chi connectivity index (χ1n) is 6.47. The van der Waals surface area contributed by atoms with Gasteiger partial charge in [-0.1, -0.05) is 12.1 Å². The summed E-state index contributed by atoms with van der Waals surface area (Å²) in [6, 6.07) is 6.03. The molecule has 0 spiro atoms. The molecule has 1 aromatic heterocycles. The van der Waals surface area contributed by atoms with Crippen molar-refractivity contribution in [2.45, 2.75) is 32.6 Å². The van der Waals surface area contributed by atoms with E-state index in [0.717, 1.165) is 29.8 Å². The molecule has 1 aliphatic rings. The third-order valence-corrected chi connectivity index (χ3v) is 3.81. The normalized spacial score (nSPS) is 14.6. The van der Waals surface area contributed by atoms with Gasteiger partial charge in [0.2, 0.25) is 0 Å². The second-order valence-electron chi connectivity index (χ2n) is 5.15. The standard InChI is InChI=1S/C15H16N2O2/c1-9-4-3-5-13(10(9)2)17-14(11-6-7-11)12(8-16-17)15(18)19/h3-5,8,11H,6-7H2,1-2H3,(H,18,19). The van der Waals surface area contributed by atoms with E-state index in [1.807, 2.05) is 23.7 Å². The summed E-state index contributed by atoms with van der Waals surface area (Å²) in [5.74, 6) is -0.549. The van der Waals surface area contributed by atoms with E-state index in [4.69, 9.17) is 0 Å². The van der Waals surface area contributed by atoms with Crippen molar-refractivity contribution in [3.05, 3.63) is 46.8 Å². The zero-order valence-corrected chi connectivity index (χ0v) is 11.1. The van der Waals surface area contributed by atoms with E-state index in [0.29, 0.717) is 11.5 Å². The van der Waals surface area contributed by atoms with Gasteiger partial charge in [0.1, 0.15) is 5.56 Å². The second kappa shape index (κ2) is 4.23. The molecule has 3 rings (SSSR count). The van der Waals surface area contributed by atoms with Gasteiger partial charge < -0.3 is 5.11 Å². The molecule has 0 unspecified atom stereocenters. The molecule has 0 saturated heterocycles. The van der Waals surface area contributed by atoms with Crippen LogP contribution in [0.2, 0.25) is 0 Å². The fraction of sp³-hybridized carbons (Fsp3) is 0.333. The number of aryl methyl sites for hydroxylation is 1. The van der Waals surface area contributed by atoms with Crippen molar-refractivity contribution < 1.29 is 9.90 Å². The van der Waals surface area contributed by atoms with Crippen molar-refractivity contribution in [3.8, 4) is 5.69 Å². The van der Waals surface area contributed by atoms with Crippen molar-refractivity contribution in [2.24, 2.45) is 0 Å². The fourth-order valence-corrected chi connectivity index (χ4v) is 2.43. The van der Waals surface area contributed by atoms with Gasteiger partial charge in [0.05, 0.1) is 17.6 Å². The van der Waals surface area contributed by atoms with Gasteiger partial charge >= 0.3 is 5.97 Å². The summed E-state index contributed by atoms with van der Waals surface area (Å²) in [6.45, 7) is 4.10. The molecule has 1 fully saturated rings. The van der Waals surface area contributed by atoms with E-state index >= 15 is 0 Å². The maximum atomic E-state index is 11.3. The van der Waals surface area contributed by atoms with E-state index in [1.165, 1.54) is 11.8 Å². The Balaban J connectivity index is 2.20. The summed E-state index contributed by atoms with van der Waals surface area (Å²) in [5.41, 5.74) is 4.50. The number of aromatic nitrogens is 2. The predicted molar refractivity (Wildman–Crippen MR) is 72.0 cm³/mol. The summed E-state index contributed by atoms with van der Waals surface area (Å²) in [6.07, 6.45) is 3.57. The summed E-state index contributed by atoms with van der Waals surface area (Å²) in [7, 11) is 0. The summed E-state index contributed by atoms with van der Waals surface area (Å²) < 4.78 is 1.81. The van der Waals surface area contributed by atoms with Gasteiger partial charge in [-0.05, 0) is 43.9 Å². The number of rotatable bonds is 3. The molecule has 0 aliphatic heterocycles. The zero-order chi connectivity index (χ0) is 13.6. The Bertz CT molecular complexity index is 654. The van der Waals surface area contributed by atoms with Crippen LogP contribution in [-0.4, -0.2) is 20.9 Å². The fourth-order valence-electron chi connectivity index (χ4n) is 2.43. The van der Waals surface area contributed by atoms with E-state index in [1.54, 1.807) is 0 Å². The predicted octanol–water partition coefficient (Wildman–Crippen LogP) is 3.06. The minimum atomic E-state index is -0.890. The molecule has 1 aliphatic carbocycles. The topological polar surface area (TPSA) is 55.1 Å². The van der Waals surface area contributed by atoms with Crippen LogP contribution in [-0.2, 0) is 0 Å². The lowest BCUT2D eigenvalue weighted by atomic mass is 10.1. The van der Waals surface area contributed by atoms with Gasteiger partial charge in [0.25, 0.3) is 0 Å². The van der Waals surface area contributed by atoms with Gasteiger partial charge in [-0.2, -0.15) is 5.10 Å². The number of hydrogen-bond donors (Lipinski definition) is 1. The lowest BCUT2D eigenvalue weighted by molar-refractivity contribution is 0.0695. The highest BCUT2D eigenvalue weighted by atomic mass is 16.4. The third kappa shape index (κ3) is 1.93. The number of carbonyl (C=O) groups is 1. The number of benzene rings is 1. The zero-order valence-electron chi connectivity index (χ0n) is 11.1. The molecule has 1 saturated carbocycles. The summed E-state index contributed by atoms with van der Waals surface area (Å²) in [4.78, 5) is 11.3. The molecule has 1 aromatic carbocycles. The Morgan fingerprint density at radius 1 is 1.37 bits per heavy atom. The molecule has 2 aromatic rings. The van der Waals surface area contributed by atoms with Crippen LogP contribution in [0.15, 0.2) is 24.4 Å². The minimum Gasteiger partial charge on any atom is -0.478 e. The van der Waals surface area contributed by atoms with Crippen LogP contribution in [0, 0.1) is 13.8 Å². The highest BCUT2D eigenvalue weighted by molar-refractivity contribution is 5.89. The van der Waals surface area contributed by atoms with Crippen LogP contribution in [0.4, 0.5) is 0 Å². The second-order valence-corrected chi connectivity index (χ2v) is 5.15. The molecule has 0 bridgehead atoms. The quantitative estimate of drug-likeness (QED) is 0.918. The Morgan fingerprint density at radius 3 is 2.74 bits per heavy atom. The molecule has 4 nitrogen and oxygen atoms in total.